The lowest BCUT2D eigenvalue weighted by Gasteiger charge is -2.40. The summed E-state index contributed by atoms with van der Waals surface area (Å²) in [5.41, 5.74) is 0. The molecule has 464 valence electrons. The smallest absolute Gasteiger partial charge is 0.305 e. The SMILES string of the molecule is CCCCC/C=C/CC/C=C/C(O)C(COC1OC(CO)C(O)C(O)C1O)NC(=O)CCCCCCCCCCCCCCCC/C=C\CCCCCCCCCCCCCCOC(=O)CCCCCCCCCCCCCC. The lowest BCUT2D eigenvalue weighted by Crippen LogP contribution is -2.60. The number of hydrogen-bond donors (Lipinski definition) is 6. The number of carbonyl (C=O) groups excluding carboxylic acids is 2. The van der Waals surface area contributed by atoms with Crippen LogP contribution in [0.25, 0.3) is 0 Å². The van der Waals surface area contributed by atoms with Gasteiger partial charge in [0.15, 0.2) is 6.29 Å². The van der Waals surface area contributed by atoms with E-state index in [1.54, 1.807) is 6.08 Å². The number of rotatable bonds is 59. The van der Waals surface area contributed by atoms with E-state index in [1.165, 1.54) is 244 Å². The fourth-order valence-corrected chi connectivity index (χ4v) is 10.6. The van der Waals surface area contributed by atoms with Crippen molar-refractivity contribution in [3.8, 4) is 0 Å². The van der Waals surface area contributed by atoms with Crippen LogP contribution in [0.2, 0.25) is 0 Å². The first kappa shape index (κ1) is 74.9. The number of allylic oxidation sites excluding steroid dienone is 5. The number of aliphatic hydroxyl groups excluding tert-OH is 5. The van der Waals surface area contributed by atoms with Gasteiger partial charge in [-0.05, 0) is 70.6 Å². The van der Waals surface area contributed by atoms with Crippen molar-refractivity contribution in [1.82, 2.24) is 5.32 Å². The number of carbonyl (C=O) groups is 2. The van der Waals surface area contributed by atoms with Gasteiger partial charge in [0.25, 0.3) is 0 Å². The van der Waals surface area contributed by atoms with Crippen LogP contribution in [0.5, 0.6) is 0 Å². The molecule has 1 fully saturated rings. The third kappa shape index (κ3) is 47.0. The van der Waals surface area contributed by atoms with Gasteiger partial charge in [0.1, 0.15) is 24.4 Å². The third-order valence-electron chi connectivity index (χ3n) is 16.0. The summed E-state index contributed by atoms with van der Waals surface area (Å²) in [5.74, 6) is -0.183. The molecule has 0 saturated carbocycles. The number of nitrogens with one attached hydrogen (secondary N) is 1. The van der Waals surface area contributed by atoms with Gasteiger partial charge in [0.2, 0.25) is 5.91 Å². The Morgan fingerprint density at radius 3 is 1.28 bits per heavy atom. The van der Waals surface area contributed by atoms with E-state index in [9.17, 15) is 35.1 Å². The van der Waals surface area contributed by atoms with Gasteiger partial charge in [-0.1, -0.05) is 275 Å². The molecule has 0 aromatic heterocycles. The summed E-state index contributed by atoms with van der Waals surface area (Å²) in [7, 11) is 0. The normalized spacial score (nSPS) is 18.6. The van der Waals surface area contributed by atoms with E-state index >= 15 is 0 Å². The van der Waals surface area contributed by atoms with E-state index in [1.807, 2.05) is 6.08 Å². The number of ether oxygens (including phenoxy) is 3. The monoisotopic (exact) mass is 1120 g/mol. The van der Waals surface area contributed by atoms with Gasteiger partial charge < -0.3 is 45.1 Å². The molecule has 1 amide bonds. The van der Waals surface area contributed by atoms with Crippen LogP contribution in [0.4, 0.5) is 0 Å². The first-order chi connectivity index (χ1) is 38.7. The summed E-state index contributed by atoms with van der Waals surface area (Å²) in [6, 6.07) is -0.825. The second-order valence-corrected chi connectivity index (χ2v) is 23.5. The van der Waals surface area contributed by atoms with Crippen molar-refractivity contribution in [2.45, 2.75) is 365 Å². The van der Waals surface area contributed by atoms with Gasteiger partial charge in [-0.15, -0.1) is 0 Å². The van der Waals surface area contributed by atoms with Gasteiger partial charge in [0, 0.05) is 12.8 Å². The topological polar surface area (TPSA) is 175 Å². The van der Waals surface area contributed by atoms with E-state index < -0.39 is 49.5 Å². The van der Waals surface area contributed by atoms with E-state index in [0.29, 0.717) is 19.4 Å². The number of esters is 1. The fraction of sp³-hybridized carbons (Fsp3) is 0.882. The summed E-state index contributed by atoms with van der Waals surface area (Å²) in [6.45, 7) is 4.30. The van der Waals surface area contributed by atoms with Crippen LogP contribution in [0.1, 0.15) is 322 Å². The molecule has 1 rings (SSSR count). The number of amides is 1. The average molecular weight is 1120 g/mol. The van der Waals surface area contributed by atoms with Crippen LogP contribution in [-0.2, 0) is 23.8 Å². The molecule has 7 atom stereocenters. The Hall–Kier alpha value is -2.12. The molecule has 0 aromatic rings. The first-order valence-corrected chi connectivity index (χ1v) is 33.8. The summed E-state index contributed by atoms with van der Waals surface area (Å²) in [5, 5.41) is 54.2. The number of unbranched alkanes of at least 4 members (excludes halogenated alkanes) is 41. The highest BCUT2D eigenvalue weighted by Crippen LogP contribution is 2.23. The Morgan fingerprint density at radius 2 is 0.823 bits per heavy atom. The highest BCUT2D eigenvalue weighted by atomic mass is 16.7. The molecule has 0 radical (unpaired) electrons. The van der Waals surface area contributed by atoms with Crippen LogP contribution in [-0.4, -0.2) is 100 Å². The summed E-state index contributed by atoms with van der Waals surface area (Å²) >= 11 is 0. The van der Waals surface area contributed by atoms with Gasteiger partial charge in [-0.3, -0.25) is 9.59 Å². The largest absolute Gasteiger partial charge is 0.466 e. The predicted octanol–water partition coefficient (Wildman–Crippen LogP) is 16.6. The average Bonchev–Trinajstić information content (AvgIpc) is 3.46. The molecule has 1 heterocycles. The molecule has 7 unspecified atom stereocenters. The van der Waals surface area contributed by atoms with Crippen LogP contribution in [0.3, 0.4) is 0 Å². The number of aliphatic hydroxyl groups is 5. The Balaban J connectivity index is 1.93. The molecule has 0 aromatic carbocycles. The molecule has 0 aliphatic carbocycles. The van der Waals surface area contributed by atoms with Crippen LogP contribution < -0.4 is 5.32 Å². The van der Waals surface area contributed by atoms with Crippen LogP contribution in [0.15, 0.2) is 36.5 Å². The van der Waals surface area contributed by atoms with E-state index in [2.05, 4.69) is 43.5 Å². The minimum atomic E-state index is -1.57. The molecule has 11 nitrogen and oxygen atoms in total. The molecular weight excluding hydrogens is 991 g/mol. The van der Waals surface area contributed by atoms with Crippen LogP contribution >= 0.6 is 0 Å². The molecule has 79 heavy (non-hydrogen) atoms. The van der Waals surface area contributed by atoms with E-state index in [4.69, 9.17) is 14.2 Å². The fourth-order valence-electron chi connectivity index (χ4n) is 10.6. The molecule has 0 bridgehead atoms. The van der Waals surface area contributed by atoms with Crippen molar-refractivity contribution >= 4 is 11.9 Å². The van der Waals surface area contributed by atoms with Gasteiger partial charge >= 0.3 is 5.97 Å². The molecular formula is C68H127NO10. The Labute approximate surface area is 485 Å². The molecule has 1 saturated heterocycles. The maximum absolute atomic E-state index is 13.0. The zero-order chi connectivity index (χ0) is 57.3. The Kier molecular flexibility index (Phi) is 54.7. The standard InChI is InChI=1S/C68H127NO10/c1-3-5-7-9-11-13-14-36-40-44-48-52-56-64(73)77-57-53-49-45-41-37-34-32-30-28-26-24-22-20-18-16-15-17-19-21-23-25-27-29-31-33-35-39-43-47-51-55-63(72)69-60(61(71)54-50-46-42-38-12-10-8-6-4-2)59-78-68-67(76)66(75)65(74)62(58-70)79-68/h12,16,18,38,50,54,60-62,65-68,70-71,74-76H,3-11,13-15,17,19-37,39-49,51-53,55-59H2,1-2H3,(H,69,72)/b18-16-,38-12+,54-50+. The molecule has 0 spiro atoms. The molecule has 11 heteroatoms. The van der Waals surface area contributed by atoms with Crippen molar-refractivity contribution in [3.63, 3.8) is 0 Å². The van der Waals surface area contributed by atoms with Crippen molar-refractivity contribution in [3.05, 3.63) is 36.5 Å². The lowest BCUT2D eigenvalue weighted by molar-refractivity contribution is -0.302. The van der Waals surface area contributed by atoms with Crippen molar-refractivity contribution in [2.75, 3.05) is 19.8 Å². The Morgan fingerprint density at radius 1 is 0.456 bits per heavy atom. The molecule has 6 N–H and O–H groups in total. The highest BCUT2D eigenvalue weighted by molar-refractivity contribution is 5.76. The molecule has 1 aliphatic rings. The zero-order valence-electron chi connectivity index (χ0n) is 51.3. The van der Waals surface area contributed by atoms with Crippen LogP contribution in [0, 0.1) is 0 Å². The quantitative estimate of drug-likeness (QED) is 0.0195. The highest BCUT2D eigenvalue weighted by Gasteiger charge is 2.44. The lowest BCUT2D eigenvalue weighted by atomic mass is 9.99. The van der Waals surface area contributed by atoms with Gasteiger partial charge in [0.05, 0.1) is 32.0 Å². The second kappa shape index (κ2) is 57.7. The predicted molar refractivity (Wildman–Crippen MR) is 329 cm³/mol. The minimum absolute atomic E-state index is 0.00928. The zero-order valence-corrected chi connectivity index (χ0v) is 51.3. The third-order valence-corrected chi connectivity index (χ3v) is 16.0. The number of hydrogen-bond acceptors (Lipinski definition) is 10. The van der Waals surface area contributed by atoms with Gasteiger partial charge in [-0.25, -0.2) is 0 Å². The van der Waals surface area contributed by atoms with E-state index in [-0.39, 0.29) is 18.5 Å². The maximum atomic E-state index is 13.0. The second-order valence-electron chi connectivity index (χ2n) is 23.5. The summed E-state index contributed by atoms with van der Waals surface area (Å²) in [6.07, 6.45) is 63.0. The van der Waals surface area contributed by atoms with Crippen molar-refractivity contribution in [2.24, 2.45) is 0 Å². The summed E-state index contributed by atoms with van der Waals surface area (Å²) in [4.78, 5) is 25.0. The maximum Gasteiger partial charge on any atom is 0.305 e. The van der Waals surface area contributed by atoms with Gasteiger partial charge in [-0.2, -0.15) is 0 Å². The summed E-state index contributed by atoms with van der Waals surface area (Å²) < 4.78 is 16.7. The minimum Gasteiger partial charge on any atom is -0.466 e. The molecule has 1 aliphatic heterocycles. The van der Waals surface area contributed by atoms with Crippen molar-refractivity contribution < 1.29 is 49.3 Å². The van der Waals surface area contributed by atoms with Crippen molar-refractivity contribution in [1.29, 1.82) is 0 Å². The Bertz CT molecular complexity index is 1410. The van der Waals surface area contributed by atoms with E-state index in [0.717, 1.165) is 51.4 Å². The first-order valence-electron chi connectivity index (χ1n) is 33.8.